The van der Waals surface area contributed by atoms with Crippen LogP contribution in [0.1, 0.15) is 44.7 Å². The second-order valence-corrected chi connectivity index (χ2v) is 8.10. The van der Waals surface area contributed by atoms with E-state index in [1.54, 1.807) is 11.3 Å². The van der Waals surface area contributed by atoms with Gasteiger partial charge in [-0.3, -0.25) is 4.99 Å². The minimum Gasteiger partial charge on any atom is -0.378 e. The van der Waals surface area contributed by atoms with E-state index in [1.807, 2.05) is 26.0 Å². The highest BCUT2D eigenvalue weighted by Gasteiger charge is 2.56. The van der Waals surface area contributed by atoms with Crippen LogP contribution in [-0.2, 0) is 11.3 Å². The van der Waals surface area contributed by atoms with Gasteiger partial charge in [-0.05, 0) is 26.2 Å². The van der Waals surface area contributed by atoms with Gasteiger partial charge in [-0.1, -0.05) is 12.8 Å². The highest BCUT2D eigenvalue weighted by molar-refractivity contribution is 14.0. The number of nitrogens with zero attached hydrogens (tertiary/aromatic N) is 3. The van der Waals surface area contributed by atoms with Crippen molar-refractivity contribution in [1.29, 1.82) is 0 Å². The fraction of sp³-hybridized carbons (Fsp3) is 0.778. The van der Waals surface area contributed by atoms with Gasteiger partial charge in [0.15, 0.2) is 11.1 Å². The molecule has 1 spiro atoms. The maximum atomic E-state index is 6.00. The van der Waals surface area contributed by atoms with E-state index in [0.29, 0.717) is 24.1 Å². The lowest BCUT2D eigenvalue weighted by Gasteiger charge is -2.54. The predicted octanol–water partition coefficient (Wildman–Crippen LogP) is 3.23. The van der Waals surface area contributed by atoms with Gasteiger partial charge in [0.1, 0.15) is 0 Å². The van der Waals surface area contributed by atoms with Crippen molar-refractivity contribution in [2.45, 2.75) is 57.7 Å². The number of nitrogens with one attached hydrogen (secondary N) is 2. The van der Waals surface area contributed by atoms with Gasteiger partial charge in [-0.25, -0.2) is 4.98 Å². The summed E-state index contributed by atoms with van der Waals surface area (Å²) >= 11 is 1.67. The molecular formula is C18H32IN5OS. The molecule has 26 heavy (non-hydrogen) atoms. The zero-order chi connectivity index (χ0) is 17.9. The summed E-state index contributed by atoms with van der Waals surface area (Å²) in [4.78, 5) is 11.1. The number of thiazole rings is 1. The normalized spacial score (nSPS) is 24.1. The molecule has 2 saturated carbocycles. The van der Waals surface area contributed by atoms with Crippen molar-refractivity contribution in [1.82, 2.24) is 15.6 Å². The molecule has 0 radical (unpaired) electrons. The van der Waals surface area contributed by atoms with E-state index < -0.39 is 0 Å². The summed E-state index contributed by atoms with van der Waals surface area (Å²) in [6.07, 6.45) is 6.67. The zero-order valence-electron chi connectivity index (χ0n) is 16.2. The van der Waals surface area contributed by atoms with Gasteiger partial charge < -0.3 is 20.3 Å². The first-order chi connectivity index (χ1) is 12.1. The van der Waals surface area contributed by atoms with Gasteiger partial charge in [-0.2, -0.15) is 0 Å². The second kappa shape index (κ2) is 9.54. The summed E-state index contributed by atoms with van der Waals surface area (Å²) in [5.41, 5.74) is 1.36. The largest absolute Gasteiger partial charge is 0.378 e. The van der Waals surface area contributed by atoms with Gasteiger partial charge in [-0.15, -0.1) is 35.3 Å². The molecule has 2 fully saturated rings. The average Bonchev–Trinajstić information content (AvgIpc) is 3.27. The SMILES string of the molecule is CCOC1CC(NC(=NC)NCc2csc(N(C)C)n2)C12CCCC2.I. The Bertz CT molecular complexity index is 600. The van der Waals surface area contributed by atoms with E-state index >= 15 is 0 Å². The first-order valence-corrected chi connectivity index (χ1v) is 10.2. The Kier molecular flexibility index (Phi) is 7.96. The lowest BCUT2D eigenvalue weighted by atomic mass is 9.60. The zero-order valence-corrected chi connectivity index (χ0v) is 19.4. The summed E-state index contributed by atoms with van der Waals surface area (Å²) in [5.74, 6) is 0.866. The minimum atomic E-state index is 0. The Labute approximate surface area is 178 Å². The first kappa shape index (κ1) is 21.7. The highest BCUT2D eigenvalue weighted by Crippen LogP contribution is 2.54. The Balaban J connectivity index is 0.00000243. The molecule has 0 saturated heterocycles. The van der Waals surface area contributed by atoms with Crippen molar-refractivity contribution >= 4 is 46.4 Å². The number of guanidine groups is 1. The molecule has 2 aliphatic carbocycles. The first-order valence-electron chi connectivity index (χ1n) is 9.29. The van der Waals surface area contributed by atoms with Crippen molar-refractivity contribution in [3.8, 4) is 0 Å². The molecule has 1 aromatic rings. The summed E-state index contributed by atoms with van der Waals surface area (Å²) in [6, 6.07) is 0.463. The van der Waals surface area contributed by atoms with Crippen molar-refractivity contribution in [2.75, 3.05) is 32.6 Å². The molecule has 0 amide bonds. The maximum Gasteiger partial charge on any atom is 0.191 e. The average molecular weight is 493 g/mol. The Morgan fingerprint density at radius 3 is 2.73 bits per heavy atom. The molecular weight excluding hydrogens is 461 g/mol. The van der Waals surface area contributed by atoms with Crippen LogP contribution in [0.3, 0.4) is 0 Å². The Morgan fingerprint density at radius 1 is 1.42 bits per heavy atom. The predicted molar refractivity (Wildman–Crippen MR) is 120 cm³/mol. The number of ether oxygens (including phenoxy) is 1. The monoisotopic (exact) mass is 493 g/mol. The van der Waals surface area contributed by atoms with Crippen LogP contribution in [0.5, 0.6) is 0 Å². The standard InChI is InChI=1S/C18H31N5OS.HI/c1-5-24-15-10-14(18(15)8-6-7-9-18)22-16(19-2)20-11-13-12-25-17(21-13)23(3)4;/h12,14-15H,5-11H2,1-4H3,(H2,19,20,22);1H. The third-order valence-corrected chi connectivity index (χ3v) is 6.64. The third kappa shape index (κ3) is 4.44. The fourth-order valence-electron chi connectivity index (χ4n) is 4.21. The number of aromatic nitrogens is 1. The van der Waals surface area contributed by atoms with Crippen LogP contribution in [0.4, 0.5) is 5.13 Å². The van der Waals surface area contributed by atoms with Crippen molar-refractivity contribution in [2.24, 2.45) is 10.4 Å². The molecule has 2 N–H and O–H groups in total. The number of aliphatic imine (C=N–C) groups is 1. The van der Waals surface area contributed by atoms with E-state index in [4.69, 9.17) is 4.74 Å². The quantitative estimate of drug-likeness (QED) is 0.362. The maximum absolute atomic E-state index is 6.00. The molecule has 1 aromatic heterocycles. The molecule has 0 bridgehead atoms. The van der Waals surface area contributed by atoms with Crippen LogP contribution in [0.2, 0.25) is 0 Å². The van der Waals surface area contributed by atoms with Crippen LogP contribution < -0.4 is 15.5 Å². The lowest BCUT2D eigenvalue weighted by Crippen LogP contribution is -2.65. The summed E-state index contributed by atoms with van der Waals surface area (Å²) in [6.45, 7) is 3.60. The number of rotatable bonds is 6. The van der Waals surface area contributed by atoms with Crippen LogP contribution >= 0.6 is 35.3 Å². The number of halogens is 1. The molecule has 3 rings (SSSR count). The van der Waals surface area contributed by atoms with Gasteiger partial charge in [0.2, 0.25) is 0 Å². The van der Waals surface area contributed by atoms with Crippen LogP contribution in [-0.4, -0.2) is 50.8 Å². The fourth-order valence-corrected chi connectivity index (χ4v) is 4.96. The molecule has 1 heterocycles. The van der Waals surface area contributed by atoms with Gasteiger partial charge in [0.25, 0.3) is 0 Å². The number of anilines is 1. The molecule has 2 unspecified atom stereocenters. The summed E-state index contributed by atoms with van der Waals surface area (Å²) in [5, 5.41) is 10.2. The molecule has 2 aliphatic rings. The summed E-state index contributed by atoms with van der Waals surface area (Å²) in [7, 11) is 5.87. The van der Waals surface area contributed by atoms with E-state index in [-0.39, 0.29) is 24.0 Å². The van der Waals surface area contributed by atoms with E-state index in [1.165, 1.54) is 25.7 Å². The second-order valence-electron chi connectivity index (χ2n) is 7.26. The molecule has 8 heteroatoms. The summed E-state index contributed by atoms with van der Waals surface area (Å²) < 4.78 is 6.00. The van der Waals surface area contributed by atoms with Crippen LogP contribution in [0.25, 0.3) is 0 Å². The number of hydrogen-bond donors (Lipinski definition) is 2. The molecule has 0 aliphatic heterocycles. The molecule has 148 valence electrons. The van der Waals surface area contributed by atoms with Crippen LogP contribution in [0.15, 0.2) is 10.4 Å². The van der Waals surface area contributed by atoms with Gasteiger partial charge in [0, 0.05) is 44.6 Å². The van der Waals surface area contributed by atoms with Gasteiger partial charge >= 0.3 is 0 Å². The van der Waals surface area contributed by atoms with Gasteiger partial charge in [0.05, 0.1) is 18.3 Å². The van der Waals surface area contributed by atoms with E-state index in [9.17, 15) is 0 Å². The smallest absolute Gasteiger partial charge is 0.191 e. The van der Waals surface area contributed by atoms with E-state index in [0.717, 1.165) is 29.8 Å². The van der Waals surface area contributed by atoms with Crippen molar-refractivity contribution < 1.29 is 4.74 Å². The molecule has 2 atom stereocenters. The third-order valence-electron chi connectivity index (χ3n) is 5.58. The topological polar surface area (TPSA) is 61.8 Å². The Morgan fingerprint density at radius 2 is 2.15 bits per heavy atom. The molecule has 6 nitrogen and oxygen atoms in total. The van der Waals surface area contributed by atoms with Crippen LogP contribution in [0, 0.1) is 5.41 Å². The lowest BCUT2D eigenvalue weighted by molar-refractivity contribution is -0.125. The molecule has 0 aromatic carbocycles. The number of hydrogen-bond acceptors (Lipinski definition) is 5. The minimum absolute atomic E-state index is 0. The van der Waals surface area contributed by atoms with E-state index in [2.05, 4.69) is 32.9 Å². The van der Waals surface area contributed by atoms with Crippen molar-refractivity contribution in [3.63, 3.8) is 0 Å². The Hall–Kier alpha value is -0.610. The van der Waals surface area contributed by atoms with Crippen molar-refractivity contribution in [3.05, 3.63) is 11.1 Å². The highest BCUT2D eigenvalue weighted by atomic mass is 127.